The van der Waals surface area contributed by atoms with Crippen LogP contribution in [0.4, 0.5) is 0 Å². The maximum absolute atomic E-state index is 6.04. The maximum Gasteiger partial charge on any atom is 0.193 e. The molecule has 25 heavy (non-hydrogen) atoms. The summed E-state index contributed by atoms with van der Waals surface area (Å²) in [4.78, 5) is 9.64. The van der Waals surface area contributed by atoms with Gasteiger partial charge in [0.05, 0.1) is 6.10 Å². The Balaban J connectivity index is 0.00000225. The number of halogens is 1. The van der Waals surface area contributed by atoms with Crippen LogP contribution in [0.15, 0.2) is 4.99 Å². The van der Waals surface area contributed by atoms with Crippen molar-refractivity contribution in [3.05, 3.63) is 0 Å². The van der Waals surface area contributed by atoms with E-state index in [4.69, 9.17) is 4.74 Å². The second kappa shape index (κ2) is 8.74. The van der Waals surface area contributed by atoms with E-state index in [1.807, 2.05) is 7.05 Å². The third-order valence-corrected chi connectivity index (χ3v) is 6.62. The van der Waals surface area contributed by atoms with Gasteiger partial charge in [-0.3, -0.25) is 9.89 Å². The minimum Gasteiger partial charge on any atom is -0.377 e. The Bertz CT molecular complexity index is 466. The molecule has 4 unspecified atom stereocenters. The van der Waals surface area contributed by atoms with Gasteiger partial charge in [-0.1, -0.05) is 27.7 Å². The van der Waals surface area contributed by atoms with E-state index >= 15 is 0 Å². The molecule has 2 aliphatic heterocycles. The summed E-state index contributed by atoms with van der Waals surface area (Å²) in [5.74, 6) is 1.73. The fraction of sp³-hybridized carbons (Fsp3) is 0.947. The molecule has 3 fully saturated rings. The fourth-order valence-electron chi connectivity index (χ4n) is 5.22. The number of ether oxygens (including phenoxy) is 1. The first-order chi connectivity index (χ1) is 11.5. The number of hydrogen-bond acceptors (Lipinski definition) is 3. The topological polar surface area (TPSA) is 40.1 Å². The number of hydrogen-bond donors (Lipinski definition) is 1. The lowest BCUT2D eigenvalue weighted by molar-refractivity contribution is -0.188. The number of guanidine groups is 1. The summed E-state index contributed by atoms with van der Waals surface area (Å²) in [7, 11) is 1.92. The summed E-state index contributed by atoms with van der Waals surface area (Å²) in [6, 6.07) is 1.15. The van der Waals surface area contributed by atoms with Crippen LogP contribution in [0.25, 0.3) is 0 Å². The molecule has 3 aliphatic rings. The highest BCUT2D eigenvalue weighted by Crippen LogP contribution is 2.51. The van der Waals surface area contributed by atoms with Crippen LogP contribution in [0.3, 0.4) is 0 Å². The lowest BCUT2D eigenvalue weighted by atomic mass is 9.55. The smallest absolute Gasteiger partial charge is 0.193 e. The van der Waals surface area contributed by atoms with Crippen molar-refractivity contribution in [1.82, 2.24) is 15.1 Å². The maximum atomic E-state index is 6.04. The van der Waals surface area contributed by atoms with E-state index in [-0.39, 0.29) is 29.4 Å². The number of fused-ring (bicyclic) bond motifs is 1. The average Bonchev–Trinajstić information content (AvgIpc) is 3.06. The molecule has 3 rings (SSSR count). The van der Waals surface area contributed by atoms with Crippen LogP contribution >= 0.6 is 24.0 Å². The Morgan fingerprint density at radius 1 is 1.28 bits per heavy atom. The molecule has 0 spiro atoms. The van der Waals surface area contributed by atoms with Gasteiger partial charge in [0.1, 0.15) is 0 Å². The van der Waals surface area contributed by atoms with E-state index < -0.39 is 0 Å². The minimum absolute atomic E-state index is 0. The number of aliphatic imine (C=N–C) groups is 1. The van der Waals surface area contributed by atoms with Crippen molar-refractivity contribution >= 4 is 29.9 Å². The van der Waals surface area contributed by atoms with Gasteiger partial charge in [-0.05, 0) is 32.4 Å². The van der Waals surface area contributed by atoms with Crippen LogP contribution in [0.1, 0.15) is 47.0 Å². The van der Waals surface area contributed by atoms with Gasteiger partial charge in [0.2, 0.25) is 0 Å². The van der Waals surface area contributed by atoms with Gasteiger partial charge in [0.25, 0.3) is 0 Å². The van der Waals surface area contributed by atoms with Crippen molar-refractivity contribution < 1.29 is 4.74 Å². The molecule has 5 nitrogen and oxygen atoms in total. The molecule has 4 atom stereocenters. The van der Waals surface area contributed by atoms with E-state index in [0.29, 0.717) is 24.1 Å². The lowest BCUT2D eigenvalue weighted by Gasteiger charge is -2.60. The van der Waals surface area contributed by atoms with Crippen molar-refractivity contribution in [3.8, 4) is 0 Å². The summed E-state index contributed by atoms with van der Waals surface area (Å²) < 4.78 is 6.04. The SMILES string of the molecule is CCN(CC)C1CCN(C(=NC)NC2C3CCCOC3C2(C)C)C1.I. The first-order valence-electron chi connectivity index (χ1n) is 9.86. The molecule has 2 saturated heterocycles. The van der Waals surface area contributed by atoms with Crippen LogP contribution in [-0.2, 0) is 4.74 Å². The largest absolute Gasteiger partial charge is 0.377 e. The van der Waals surface area contributed by atoms with Crippen molar-refractivity contribution in [1.29, 1.82) is 0 Å². The molecule has 0 radical (unpaired) electrons. The van der Waals surface area contributed by atoms with Crippen molar-refractivity contribution in [2.75, 3.05) is 39.8 Å². The highest BCUT2D eigenvalue weighted by Gasteiger charge is 2.58. The Kier molecular flexibility index (Phi) is 7.42. The molecule has 0 amide bonds. The molecule has 0 bridgehead atoms. The highest BCUT2D eigenvalue weighted by atomic mass is 127. The zero-order chi connectivity index (χ0) is 17.3. The second-order valence-electron chi connectivity index (χ2n) is 8.20. The molecule has 1 N–H and O–H groups in total. The third-order valence-electron chi connectivity index (χ3n) is 6.62. The number of rotatable bonds is 4. The summed E-state index contributed by atoms with van der Waals surface area (Å²) in [6.07, 6.45) is 4.14. The molecule has 2 heterocycles. The number of likely N-dealkylation sites (tertiary alicyclic amines) is 1. The first-order valence-corrected chi connectivity index (χ1v) is 9.86. The van der Waals surface area contributed by atoms with Gasteiger partial charge in [0.15, 0.2) is 5.96 Å². The standard InChI is InChI=1S/C19H36N4O.HI/c1-6-22(7-2)14-10-11-23(13-14)18(20-5)21-16-15-9-8-12-24-17(15)19(16,3)4;/h14-17H,6-13H2,1-5H3,(H,20,21);1H. The van der Waals surface area contributed by atoms with Crippen LogP contribution in [0, 0.1) is 11.3 Å². The summed E-state index contributed by atoms with van der Waals surface area (Å²) in [5.41, 5.74) is 0.193. The Labute approximate surface area is 171 Å². The first kappa shape index (κ1) is 21.2. The number of nitrogens with one attached hydrogen (secondary N) is 1. The lowest BCUT2D eigenvalue weighted by Crippen LogP contribution is -2.71. The average molecular weight is 464 g/mol. The van der Waals surface area contributed by atoms with Gasteiger partial charge < -0.3 is 15.0 Å². The molecule has 146 valence electrons. The molecular weight excluding hydrogens is 427 g/mol. The summed E-state index contributed by atoms with van der Waals surface area (Å²) in [5, 5.41) is 3.81. The summed E-state index contributed by atoms with van der Waals surface area (Å²) >= 11 is 0. The second-order valence-corrected chi connectivity index (χ2v) is 8.20. The van der Waals surface area contributed by atoms with Gasteiger partial charge in [0, 0.05) is 50.2 Å². The fourth-order valence-corrected chi connectivity index (χ4v) is 5.22. The Morgan fingerprint density at radius 3 is 2.64 bits per heavy atom. The van der Waals surface area contributed by atoms with Crippen molar-refractivity contribution in [3.63, 3.8) is 0 Å². The molecule has 1 aliphatic carbocycles. The summed E-state index contributed by atoms with van der Waals surface area (Å²) in [6.45, 7) is 14.6. The number of likely N-dealkylation sites (N-methyl/N-ethyl adjacent to an activating group) is 1. The van der Waals surface area contributed by atoms with Crippen LogP contribution in [0.2, 0.25) is 0 Å². The van der Waals surface area contributed by atoms with Gasteiger partial charge in [-0.2, -0.15) is 0 Å². The quantitative estimate of drug-likeness (QED) is 0.395. The molecule has 0 aromatic carbocycles. The van der Waals surface area contributed by atoms with Crippen LogP contribution < -0.4 is 5.32 Å². The molecule has 1 saturated carbocycles. The van der Waals surface area contributed by atoms with Gasteiger partial charge in [-0.15, -0.1) is 24.0 Å². The minimum atomic E-state index is 0. The van der Waals surface area contributed by atoms with E-state index in [0.717, 1.165) is 38.7 Å². The molecular formula is C19H37IN4O. The Hall–Kier alpha value is -0.0800. The normalized spacial score (nSPS) is 34.3. The van der Waals surface area contributed by atoms with E-state index in [9.17, 15) is 0 Å². The predicted octanol–water partition coefficient (Wildman–Crippen LogP) is 2.80. The Morgan fingerprint density at radius 2 is 2.00 bits per heavy atom. The third kappa shape index (κ3) is 3.95. The van der Waals surface area contributed by atoms with Crippen LogP contribution in [0.5, 0.6) is 0 Å². The van der Waals surface area contributed by atoms with Crippen molar-refractivity contribution in [2.24, 2.45) is 16.3 Å². The molecule has 0 aromatic rings. The van der Waals surface area contributed by atoms with E-state index in [1.54, 1.807) is 0 Å². The highest BCUT2D eigenvalue weighted by molar-refractivity contribution is 14.0. The van der Waals surface area contributed by atoms with Gasteiger partial charge in [-0.25, -0.2) is 0 Å². The van der Waals surface area contributed by atoms with E-state index in [1.165, 1.54) is 19.3 Å². The zero-order valence-electron chi connectivity index (χ0n) is 16.6. The molecule has 0 aromatic heterocycles. The van der Waals surface area contributed by atoms with E-state index in [2.05, 4.69) is 47.8 Å². The van der Waals surface area contributed by atoms with Crippen molar-refractivity contribution in [2.45, 2.75) is 65.1 Å². The number of nitrogens with zero attached hydrogens (tertiary/aromatic N) is 3. The molecule has 6 heteroatoms. The monoisotopic (exact) mass is 464 g/mol. The predicted molar refractivity (Wildman–Crippen MR) is 115 cm³/mol. The zero-order valence-corrected chi connectivity index (χ0v) is 19.0. The van der Waals surface area contributed by atoms with Gasteiger partial charge >= 0.3 is 0 Å². The van der Waals surface area contributed by atoms with Crippen LogP contribution in [-0.4, -0.2) is 73.8 Å².